The molecular formula is C28H33N3O5. The second-order valence-corrected chi connectivity index (χ2v) is 9.66. The molecule has 0 bridgehead atoms. The Bertz CT molecular complexity index is 1140. The van der Waals surface area contributed by atoms with E-state index in [4.69, 9.17) is 4.74 Å². The molecule has 0 spiro atoms. The van der Waals surface area contributed by atoms with Gasteiger partial charge in [0, 0.05) is 45.5 Å². The normalized spacial score (nSPS) is 21.7. The van der Waals surface area contributed by atoms with Crippen molar-refractivity contribution in [2.75, 3.05) is 26.8 Å². The number of nitrogens with one attached hydrogen (secondary N) is 1. The van der Waals surface area contributed by atoms with Gasteiger partial charge in [0.2, 0.25) is 23.6 Å². The van der Waals surface area contributed by atoms with Crippen LogP contribution in [0.25, 0.3) is 0 Å². The number of aryl methyl sites for hydroxylation is 1. The molecule has 0 radical (unpaired) electrons. The smallest absolute Gasteiger partial charge is 0.240 e. The molecule has 4 rings (SSSR count). The van der Waals surface area contributed by atoms with Crippen molar-refractivity contribution in [3.63, 3.8) is 0 Å². The molecule has 2 heterocycles. The average molecular weight is 492 g/mol. The molecule has 190 valence electrons. The molecule has 0 aromatic heterocycles. The van der Waals surface area contributed by atoms with Gasteiger partial charge in [-0.2, -0.15) is 0 Å². The quantitative estimate of drug-likeness (QED) is 0.515. The van der Waals surface area contributed by atoms with E-state index in [1.807, 2.05) is 61.5 Å². The SMILES string of the molecule is COCCN1C(=O)CC(CC(=O)N(Cc2ccccc2)C[C@@H]2CCC(=O)N2)(c2ccccc2C)C1=O. The zero-order valence-corrected chi connectivity index (χ0v) is 20.9. The van der Waals surface area contributed by atoms with E-state index in [-0.39, 0.29) is 55.7 Å². The van der Waals surface area contributed by atoms with Gasteiger partial charge in [-0.1, -0.05) is 54.6 Å². The number of benzene rings is 2. The van der Waals surface area contributed by atoms with Crippen LogP contribution in [-0.2, 0) is 35.9 Å². The van der Waals surface area contributed by atoms with E-state index in [0.717, 1.165) is 11.1 Å². The van der Waals surface area contributed by atoms with Crippen LogP contribution in [0.2, 0.25) is 0 Å². The van der Waals surface area contributed by atoms with Crippen molar-refractivity contribution in [1.82, 2.24) is 15.1 Å². The zero-order valence-electron chi connectivity index (χ0n) is 20.9. The molecule has 2 aliphatic heterocycles. The Morgan fingerprint density at radius 3 is 2.50 bits per heavy atom. The minimum atomic E-state index is -1.28. The molecule has 2 fully saturated rings. The number of amides is 4. The highest BCUT2D eigenvalue weighted by Gasteiger charge is 2.54. The van der Waals surface area contributed by atoms with Crippen molar-refractivity contribution in [3.8, 4) is 0 Å². The lowest BCUT2D eigenvalue weighted by Gasteiger charge is -2.32. The fourth-order valence-electron chi connectivity index (χ4n) is 5.27. The van der Waals surface area contributed by atoms with Gasteiger partial charge in [-0.3, -0.25) is 24.1 Å². The van der Waals surface area contributed by atoms with Crippen LogP contribution >= 0.6 is 0 Å². The van der Waals surface area contributed by atoms with Gasteiger partial charge in [-0.15, -0.1) is 0 Å². The van der Waals surface area contributed by atoms with Gasteiger partial charge in [0.25, 0.3) is 0 Å². The predicted octanol–water partition coefficient (Wildman–Crippen LogP) is 2.34. The van der Waals surface area contributed by atoms with Crippen LogP contribution in [0.15, 0.2) is 54.6 Å². The molecule has 1 N–H and O–H groups in total. The first-order valence-electron chi connectivity index (χ1n) is 12.3. The third kappa shape index (κ3) is 5.33. The van der Waals surface area contributed by atoms with E-state index in [1.54, 1.807) is 4.90 Å². The van der Waals surface area contributed by atoms with E-state index in [0.29, 0.717) is 31.5 Å². The average Bonchev–Trinajstić information content (AvgIpc) is 3.38. The summed E-state index contributed by atoms with van der Waals surface area (Å²) in [4.78, 5) is 55.5. The van der Waals surface area contributed by atoms with E-state index in [2.05, 4.69) is 5.32 Å². The lowest BCUT2D eigenvalue weighted by Crippen LogP contribution is -2.47. The molecule has 2 atom stereocenters. The molecule has 36 heavy (non-hydrogen) atoms. The first-order valence-corrected chi connectivity index (χ1v) is 12.3. The number of carbonyl (C=O) groups excluding carboxylic acids is 4. The Labute approximate surface area is 211 Å². The van der Waals surface area contributed by atoms with Crippen LogP contribution < -0.4 is 5.32 Å². The van der Waals surface area contributed by atoms with Crippen molar-refractivity contribution >= 4 is 23.6 Å². The van der Waals surface area contributed by atoms with Crippen molar-refractivity contribution in [2.45, 2.75) is 50.6 Å². The van der Waals surface area contributed by atoms with Crippen molar-refractivity contribution in [1.29, 1.82) is 0 Å². The molecule has 0 aliphatic carbocycles. The molecule has 8 nitrogen and oxygen atoms in total. The van der Waals surface area contributed by atoms with Crippen LogP contribution in [0.3, 0.4) is 0 Å². The van der Waals surface area contributed by atoms with Crippen molar-refractivity contribution < 1.29 is 23.9 Å². The van der Waals surface area contributed by atoms with E-state index < -0.39 is 5.41 Å². The number of rotatable bonds is 10. The van der Waals surface area contributed by atoms with Gasteiger partial charge in [-0.05, 0) is 30.0 Å². The van der Waals surface area contributed by atoms with E-state index in [1.165, 1.54) is 12.0 Å². The van der Waals surface area contributed by atoms with Crippen LogP contribution in [0.5, 0.6) is 0 Å². The van der Waals surface area contributed by atoms with Gasteiger partial charge in [-0.25, -0.2) is 0 Å². The summed E-state index contributed by atoms with van der Waals surface area (Å²) in [5.41, 5.74) is 1.24. The highest BCUT2D eigenvalue weighted by Crippen LogP contribution is 2.41. The zero-order chi connectivity index (χ0) is 25.7. The van der Waals surface area contributed by atoms with E-state index in [9.17, 15) is 19.2 Å². The number of methoxy groups -OCH3 is 1. The number of ether oxygens (including phenoxy) is 1. The fraction of sp³-hybridized carbons (Fsp3) is 0.429. The highest BCUT2D eigenvalue weighted by atomic mass is 16.5. The Morgan fingerprint density at radius 2 is 1.83 bits per heavy atom. The van der Waals surface area contributed by atoms with Gasteiger partial charge in [0.05, 0.1) is 18.6 Å². The molecule has 2 aromatic rings. The molecule has 2 aliphatic rings. The molecule has 1 unspecified atom stereocenters. The minimum absolute atomic E-state index is 0.0196. The third-order valence-corrected chi connectivity index (χ3v) is 7.14. The third-order valence-electron chi connectivity index (χ3n) is 7.14. The molecule has 4 amide bonds. The Morgan fingerprint density at radius 1 is 1.11 bits per heavy atom. The molecule has 2 saturated heterocycles. The molecule has 8 heteroatoms. The maximum atomic E-state index is 13.9. The van der Waals surface area contributed by atoms with Crippen LogP contribution in [-0.4, -0.2) is 66.3 Å². The number of hydrogen-bond acceptors (Lipinski definition) is 5. The lowest BCUT2D eigenvalue weighted by molar-refractivity contribution is -0.143. The lowest BCUT2D eigenvalue weighted by atomic mass is 9.74. The summed E-state index contributed by atoms with van der Waals surface area (Å²) in [7, 11) is 1.52. The van der Waals surface area contributed by atoms with Crippen LogP contribution in [0, 0.1) is 6.92 Å². The summed E-state index contributed by atoms with van der Waals surface area (Å²) < 4.78 is 5.11. The number of imide groups is 1. The highest BCUT2D eigenvalue weighted by molar-refractivity contribution is 6.11. The summed E-state index contributed by atoms with van der Waals surface area (Å²) in [5.74, 6) is -0.904. The fourth-order valence-corrected chi connectivity index (χ4v) is 5.27. The molecular weight excluding hydrogens is 458 g/mol. The second-order valence-electron chi connectivity index (χ2n) is 9.66. The molecule has 2 aromatic carbocycles. The number of hydrogen-bond donors (Lipinski definition) is 1. The van der Waals surface area contributed by atoms with E-state index >= 15 is 0 Å². The van der Waals surface area contributed by atoms with Gasteiger partial charge < -0.3 is 15.0 Å². The Balaban J connectivity index is 1.66. The standard InChI is InChI=1S/C28H33N3O5/c1-20-8-6-7-11-23(20)28(17-26(34)31(27(28)35)14-15-36-2)16-25(33)30(18-21-9-4-3-5-10-21)19-22-12-13-24(32)29-22/h3-11,22H,12-19H2,1-2H3,(H,29,32)/t22-,28?/m0/s1. The number of likely N-dealkylation sites (tertiary alicyclic amines) is 1. The minimum Gasteiger partial charge on any atom is -0.383 e. The second kappa shape index (κ2) is 11.0. The van der Waals surface area contributed by atoms with Gasteiger partial charge in [0.15, 0.2) is 0 Å². The van der Waals surface area contributed by atoms with Crippen LogP contribution in [0.4, 0.5) is 0 Å². The Hall–Kier alpha value is -3.52. The van der Waals surface area contributed by atoms with Crippen LogP contribution in [0.1, 0.15) is 42.4 Å². The van der Waals surface area contributed by atoms with Crippen molar-refractivity contribution in [2.24, 2.45) is 0 Å². The molecule has 0 saturated carbocycles. The Kier molecular flexibility index (Phi) is 7.84. The number of nitrogens with zero attached hydrogens (tertiary/aromatic N) is 2. The summed E-state index contributed by atoms with van der Waals surface area (Å²) >= 11 is 0. The maximum Gasteiger partial charge on any atom is 0.240 e. The van der Waals surface area contributed by atoms with Gasteiger partial charge >= 0.3 is 0 Å². The first-order chi connectivity index (χ1) is 17.3. The summed E-state index contributed by atoms with van der Waals surface area (Å²) in [6.45, 7) is 2.98. The number of carbonyl (C=O) groups is 4. The maximum absolute atomic E-state index is 13.9. The monoisotopic (exact) mass is 491 g/mol. The van der Waals surface area contributed by atoms with Crippen molar-refractivity contribution in [3.05, 3.63) is 71.3 Å². The largest absolute Gasteiger partial charge is 0.383 e. The summed E-state index contributed by atoms with van der Waals surface area (Å²) in [6, 6.07) is 16.9. The topological polar surface area (TPSA) is 96.0 Å². The summed E-state index contributed by atoms with van der Waals surface area (Å²) in [6.07, 6.45) is 0.903. The first kappa shape index (κ1) is 25.6. The van der Waals surface area contributed by atoms with Gasteiger partial charge in [0.1, 0.15) is 0 Å². The predicted molar refractivity (Wildman–Crippen MR) is 134 cm³/mol. The summed E-state index contributed by atoms with van der Waals surface area (Å²) in [5, 5.41) is 2.94.